The number of aliphatic imine (C=N–C) groups is 1. The minimum absolute atomic E-state index is 0.170. The van der Waals surface area contributed by atoms with Crippen LogP contribution in [0.4, 0.5) is 5.69 Å². The lowest BCUT2D eigenvalue weighted by Gasteiger charge is -2.05. The van der Waals surface area contributed by atoms with E-state index in [9.17, 15) is 9.90 Å². The van der Waals surface area contributed by atoms with Gasteiger partial charge in [0, 0.05) is 17.2 Å². The van der Waals surface area contributed by atoms with Crippen molar-refractivity contribution in [2.45, 2.75) is 0 Å². The summed E-state index contributed by atoms with van der Waals surface area (Å²) < 4.78 is 5.45. The van der Waals surface area contributed by atoms with Crippen LogP contribution in [0.25, 0.3) is 32.9 Å². The number of phenolic OH excluding ortho intramolecular Hbond substituents is 1. The number of nitrogens with zero attached hydrogens (tertiary/aromatic N) is 1. The highest BCUT2D eigenvalue weighted by Crippen LogP contribution is 2.28. The van der Waals surface area contributed by atoms with Crippen LogP contribution in [0.3, 0.4) is 0 Å². The zero-order valence-corrected chi connectivity index (χ0v) is 15.9. The van der Waals surface area contributed by atoms with E-state index in [1.54, 1.807) is 18.3 Å². The van der Waals surface area contributed by atoms with E-state index in [0.29, 0.717) is 22.4 Å². The fraction of sp³-hybridized carbons (Fsp3) is 0. The van der Waals surface area contributed by atoms with Crippen molar-refractivity contribution in [1.82, 2.24) is 0 Å². The Balaban J connectivity index is 1.56. The van der Waals surface area contributed by atoms with Crippen LogP contribution in [0.5, 0.6) is 5.75 Å². The van der Waals surface area contributed by atoms with E-state index in [1.807, 2.05) is 78.9 Å². The number of fused-ring (bicyclic) bond motifs is 2. The van der Waals surface area contributed by atoms with Crippen LogP contribution in [-0.2, 0) is 0 Å². The molecule has 0 spiro atoms. The molecule has 1 heterocycles. The normalized spacial score (nSPS) is 11.5. The molecule has 0 atom stereocenters. The molecule has 5 rings (SSSR count). The number of benzene rings is 4. The maximum Gasteiger partial charge on any atom is 0.344 e. The molecule has 0 unspecified atom stereocenters. The predicted molar refractivity (Wildman–Crippen MR) is 121 cm³/mol. The first-order valence-electron chi connectivity index (χ1n) is 9.57. The monoisotopic (exact) mass is 391 g/mol. The minimum Gasteiger partial charge on any atom is -0.507 e. The Morgan fingerprint density at radius 3 is 2.50 bits per heavy atom. The van der Waals surface area contributed by atoms with Gasteiger partial charge >= 0.3 is 5.63 Å². The molecule has 5 aromatic rings. The first-order valence-corrected chi connectivity index (χ1v) is 9.57. The van der Waals surface area contributed by atoms with Crippen molar-refractivity contribution >= 4 is 33.6 Å². The number of para-hydroxylation sites is 1. The summed E-state index contributed by atoms with van der Waals surface area (Å²) in [5.74, 6) is 0.170. The van der Waals surface area contributed by atoms with Gasteiger partial charge in [0.05, 0.1) is 11.3 Å². The number of hydrogen-bond acceptors (Lipinski definition) is 4. The summed E-state index contributed by atoms with van der Waals surface area (Å²) in [7, 11) is 0. The molecule has 4 heteroatoms. The molecule has 0 bridgehead atoms. The number of hydrogen-bond donors (Lipinski definition) is 1. The Morgan fingerprint density at radius 2 is 1.60 bits per heavy atom. The van der Waals surface area contributed by atoms with Crippen LogP contribution < -0.4 is 5.63 Å². The Kier molecular flexibility index (Phi) is 4.37. The van der Waals surface area contributed by atoms with Gasteiger partial charge in [-0.2, -0.15) is 0 Å². The summed E-state index contributed by atoms with van der Waals surface area (Å²) >= 11 is 0. The van der Waals surface area contributed by atoms with Gasteiger partial charge in [0.15, 0.2) is 0 Å². The van der Waals surface area contributed by atoms with E-state index in [1.165, 1.54) is 0 Å². The second kappa shape index (κ2) is 7.33. The maximum atomic E-state index is 12.5. The lowest BCUT2D eigenvalue weighted by atomic mass is 10.0. The molecule has 144 valence electrons. The second-order valence-electron chi connectivity index (χ2n) is 7.01. The van der Waals surface area contributed by atoms with E-state index in [2.05, 4.69) is 4.99 Å². The molecule has 4 nitrogen and oxygen atoms in total. The SMILES string of the molecule is O=c1oc2ccccc2cc1-c1cccc(N=Cc2c(O)ccc3ccccc23)c1. The third kappa shape index (κ3) is 3.25. The third-order valence-electron chi connectivity index (χ3n) is 5.09. The third-order valence-corrected chi connectivity index (χ3v) is 5.09. The molecule has 0 saturated heterocycles. The average molecular weight is 391 g/mol. The van der Waals surface area contributed by atoms with Crippen LogP contribution >= 0.6 is 0 Å². The van der Waals surface area contributed by atoms with Gasteiger partial charge in [-0.3, -0.25) is 4.99 Å². The Labute approximate surface area is 172 Å². The summed E-state index contributed by atoms with van der Waals surface area (Å²) in [6.45, 7) is 0. The molecule has 1 aromatic heterocycles. The summed E-state index contributed by atoms with van der Waals surface area (Å²) in [6, 6.07) is 28.0. The van der Waals surface area contributed by atoms with Crippen LogP contribution in [0, 0.1) is 0 Å². The van der Waals surface area contributed by atoms with Crippen molar-refractivity contribution < 1.29 is 9.52 Å². The summed E-state index contributed by atoms with van der Waals surface area (Å²) in [4.78, 5) is 17.0. The van der Waals surface area contributed by atoms with Crippen molar-refractivity contribution in [2.24, 2.45) is 4.99 Å². The summed E-state index contributed by atoms with van der Waals surface area (Å²) in [6.07, 6.45) is 1.65. The maximum absolute atomic E-state index is 12.5. The average Bonchev–Trinajstić information content (AvgIpc) is 2.78. The highest BCUT2D eigenvalue weighted by Gasteiger charge is 2.09. The molecule has 0 aliphatic heterocycles. The first-order chi connectivity index (χ1) is 14.7. The van der Waals surface area contributed by atoms with Gasteiger partial charge in [-0.25, -0.2) is 4.79 Å². The van der Waals surface area contributed by atoms with Gasteiger partial charge in [-0.1, -0.05) is 60.7 Å². The lowest BCUT2D eigenvalue weighted by Crippen LogP contribution is -2.02. The van der Waals surface area contributed by atoms with Gasteiger partial charge in [0.2, 0.25) is 0 Å². The zero-order chi connectivity index (χ0) is 20.5. The van der Waals surface area contributed by atoms with E-state index in [-0.39, 0.29) is 11.4 Å². The topological polar surface area (TPSA) is 62.8 Å². The van der Waals surface area contributed by atoms with Crippen LogP contribution in [0.2, 0.25) is 0 Å². The molecule has 0 aliphatic carbocycles. The molecule has 0 radical (unpaired) electrons. The summed E-state index contributed by atoms with van der Waals surface area (Å²) in [5.41, 5.74) is 2.72. The van der Waals surface area contributed by atoms with Gasteiger partial charge < -0.3 is 9.52 Å². The highest BCUT2D eigenvalue weighted by molar-refractivity contribution is 6.03. The van der Waals surface area contributed by atoms with Crippen LogP contribution in [-0.4, -0.2) is 11.3 Å². The van der Waals surface area contributed by atoms with E-state index < -0.39 is 0 Å². The standard InChI is InChI=1S/C26H17NO3/c28-24-13-12-17-6-1-3-10-21(17)23(24)16-27-20-9-5-8-18(14-20)22-15-19-7-2-4-11-25(19)30-26(22)29/h1-16,28H. The molecule has 0 fully saturated rings. The predicted octanol–water partition coefficient (Wildman–Crippen LogP) is 6.07. The second-order valence-corrected chi connectivity index (χ2v) is 7.01. The van der Waals surface area contributed by atoms with Gasteiger partial charge in [0.1, 0.15) is 11.3 Å². The van der Waals surface area contributed by atoms with E-state index in [4.69, 9.17) is 4.42 Å². The molecule has 0 aliphatic rings. The zero-order valence-electron chi connectivity index (χ0n) is 15.9. The summed E-state index contributed by atoms with van der Waals surface area (Å²) in [5, 5.41) is 13.1. The molecule has 30 heavy (non-hydrogen) atoms. The molecule has 4 aromatic carbocycles. The van der Waals surface area contributed by atoms with Crippen molar-refractivity contribution in [3.63, 3.8) is 0 Å². The minimum atomic E-state index is -0.387. The molecule has 1 N–H and O–H groups in total. The Bertz CT molecular complexity index is 1480. The first kappa shape index (κ1) is 17.9. The largest absolute Gasteiger partial charge is 0.507 e. The number of aromatic hydroxyl groups is 1. The fourth-order valence-electron chi connectivity index (χ4n) is 3.58. The number of rotatable bonds is 3. The quantitative estimate of drug-likeness (QED) is 0.300. The van der Waals surface area contributed by atoms with E-state index >= 15 is 0 Å². The Hall–Kier alpha value is -4.18. The molecular formula is C26H17NO3. The van der Waals surface area contributed by atoms with Crippen molar-refractivity contribution in [1.29, 1.82) is 0 Å². The molecule has 0 amide bonds. The van der Waals surface area contributed by atoms with Crippen LogP contribution in [0.1, 0.15) is 5.56 Å². The molecular weight excluding hydrogens is 374 g/mol. The van der Waals surface area contributed by atoms with Crippen molar-refractivity contribution in [3.05, 3.63) is 107 Å². The van der Waals surface area contributed by atoms with Gasteiger partial charge in [0.25, 0.3) is 0 Å². The smallest absolute Gasteiger partial charge is 0.344 e. The van der Waals surface area contributed by atoms with Crippen molar-refractivity contribution in [2.75, 3.05) is 0 Å². The van der Waals surface area contributed by atoms with Crippen LogP contribution in [0.15, 0.2) is 105 Å². The highest BCUT2D eigenvalue weighted by atomic mass is 16.4. The lowest BCUT2D eigenvalue weighted by molar-refractivity contribution is 0.475. The fourth-order valence-corrected chi connectivity index (χ4v) is 3.58. The molecule has 0 saturated carbocycles. The van der Waals surface area contributed by atoms with Crippen molar-refractivity contribution in [3.8, 4) is 16.9 Å². The number of phenols is 1. The Morgan fingerprint density at radius 1 is 0.800 bits per heavy atom. The van der Waals surface area contributed by atoms with Gasteiger partial charge in [-0.05, 0) is 46.7 Å². The van der Waals surface area contributed by atoms with E-state index in [0.717, 1.165) is 21.7 Å². The van der Waals surface area contributed by atoms with Gasteiger partial charge in [-0.15, -0.1) is 0 Å².